The van der Waals surface area contributed by atoms with E-state index in [4.69, 9.17) is 5.11 Å². The molecule has 0 aliphatic carbocycles. The Kier molecular flexibility index (Phi) is 18.6. The number of nitrogens with one attached hydrogen (secondary N) is 4. The molecule has 9 heterocycles. The molecule has 12 aromatic rings. The Morgan fingerprint density at radius 1 is 0.446 bits per heavy atom. The maximum Gasteiger partial charge on any atom is 0.338 e. The predicted octanol–water partition coefficient (Wildman–Crippen LogP) is 5.96. The Hall–Kier alpha value is -11.4. The lowest BCUT2D eigenvalue weighted by Gasteiger charge is -2.27. The first-order valence-electron chi connectivity index (χ1n) is 28.6. The highest BCUT2D eigenvalue weighted by Gasteiger charge is 2.27. The summed E-state index contributed by atoms with van der Waals surface area (Å²) >= 11 is 0. The lowest BCUT2D eigenvalue weighted by molar-refractivity contribution is 0.0685. The number of aromatic amines is 3. The fourth-order valence-electron chi connectivity index (χ4n) is 10.9. The summed E-state index contributed by atoms with van der Waals surface area (Å²) in [4.78, 5) is 75.8. The van der Waals surface area contributed by atoms with Crippen LogP contribution in [0, 0.1) is 17.5 Å². The zero-order chi connectivity index (χ0) is 63.1. The van der Waals surface area contributed by atoms with Crippen LogP contribution in [-0.4, -0.2) is 127 Å². The van der Waals surface area contributed by atoms with Crippen molar-refractivity contribution in [1.82, 2.24) is 90.0 Å². The van der Waals surface area contributed by atoms with Crippen LogP contribution < -0.4 is 22.0 Å². The Morgan fingerprint density at radius 2 is 0.793 bits per heavy atom. The zero-order valence-electron chi connectivity index (χ0n) is 48.5. The molecule has 92 heavy (non-hydrogen) atoms. The lowest BCUT2D eigenvalue weighted by Crippen LogP contribution is -2.38. The van der Waals surface area contributed by atoms with Gasteiger partial charge < -0.3 is 33.9 Å². The van der Waals surface area contributed by atoms with Crippen molar-refractivity contribution in [3.8, 4) is 0 Å². The number of aromatic nitrogens is 15. The van der Waals surface area contributed by atoms with Crippen LogP contribution in [-0.2, 0) is 58.5 Å². The third kappa shape index (κ3) is 13.6. The molecule has 29 heteroatoms. The van der Waals surface area contributed by atoms with Gasteiger partial charge in [0, 0.05) is 74.7 Å². The van der Waals surface area contributed by atoms with Gasteiger partial charge in [-0.25, -0.2) is 33.3 Å². The topological polar surface area (TPSA) is 319 Å². The van der Waals surface area contributed by atoms with Gasteiger partial charge in [0.2, 0.25) is 0 Å². The molecule has 0 saturated heterocycles. The van der Waals surface area contributed by atoms with E-state index in [9.17, 15) is 41.9 Å². The summed E-state index contributed by atoms with van der Waals surface area (Å²) in [6.07, 6.45) is 6.02. The van der Waals surface area contributed by atoms with Crippen LogP contribution in [0.1, 0.15) is 82.3 Å². The van der Waals surface area contributed by atoms with E-state index >= 15 is 0 Å². The maximum atomic E-state index is 14.5. The summed E-state index contributed by atoms with van der Waals surface area (Å²) < 4.78 is 48.3. The smallest absolute Gasteiger partial charge is 0.338 e. The van der Waals surface area contributed by atoms with Gasteiger partial charge in [0.1, 0.15) is 42.3 Å². The van der Waals surface area contributed by atoms with Crippen molar-refractivity contribution < 1.29 is 32.7 Å². The molecule has 6 aromatic heterocycles. The van der Waals surface area contributed by atoms with E-state index in [0.717, 1.165) is 53.4 Å². The summed E-state index contributed by atoms with van der Waals surface area (Å²) in [5, 5.41) is 59.1. The summed E-state index contributed by atoms with van der Waals surface area (Å²) in [5.74, 6) is -1.63. The Labute approximate surface area is 524 Å². The van der Waals surface area contributed by atoms with Gasteiger partial charge in [0.15, 0.2) is 11.6 Å². The van der Waals surface area contributed by atoms with E-state index in [1.165, 1.54) is 24.3 Å². The molecular weight excluding hydrogens is 1210 g/mol. The Bertz CT molecular complexity index is 4710. The number of H-pyrrole nitrogens is 3. The SMILES string of the molecule is Cl.O=C(O)c1cc(Cc2n[nH]c(=O)c3ccccc23)ccc1F.O=C(c1cc(Cc2n[nH]c(=O)c3ccccc23)ccc1F)N1CCn2cnnc2C1.O=C(c1cc(Cc2n[nH]c(=O)c3ccccc23)ccc1F)N1CCn2cnnc2C1.c1nnc2n1CCNC2. The normalized spacial score (nSPS) is 13.0. The minimum absolute atomic E-state index is 0. The molecule has 3 aliphatic rings. The molecule has 2 amide bonds. The highest BCUT2D eigenvalue weighted by atomic mass is 35.5. The lowest BCUT2D eigenvalue weighted by atomic mass is 10.0. The van der Waals surface area contributed by atoms with Crippen LogP contribution in [0.5, 0.6) is 0 Å². The van der Waals surface area contributed by atoms with Crippen LogP contribution in [0.15, 0.2) is 161 Å². The first kappa shape index (κ1) is 62.2. The standard InChI is InChI=1S/2C21H17FN6O2.C16H11FN2O3.C5H8N4.ClH/c2*22-17-6-5-13(10-18-14-3-1-2-4-15(14)20(29)26-24-18)9-16(17)21(30)27-7-8-28-12-23-25-19(28)11-27;17-13-6-5-9(7-12(13)16(21)22)8-14-10-3-1-2-4-11(10)15(20)19-18-14;1-2-9-4-7-8-5(9)3-6-1;/h2*1-6,9,12H,7-8,10-11H2,(H,26,29);1-7H,8H2,(H,19,20)(H,21,22);4,6H,1-3H2;1H. The molecule has 0 atom stereocenters. The van der Waals surface area contributed by atoms with E-state index in [-0.39, 0.29) is 77.1 Å². The molecular formula is C63H54ClF3N18O7. The average Bonchev–Trinajstić information content (AvgIpc) is 1.07. The second kappa shape index (κ2) is 27.6. The quantitative estimate of drug-likeness (QED) is 0.111. The van der Waals surface area contributed by atoms with Crippen molar-refractivity contribution in [3.63, 3.8) is 0 Å². The van der Waals surface area contributed by atoms with Crippen LogP contribution >= 0.6 is 12.4 Å². The van der Waals surface area contributed by atoms with E-state index in [1.54, 1.807) is 102 Å². The number of fused-ring (bicyclic) bond motifs is 6. The van der Waals surface area contributed by atoms with Gasteiger partial charge in [-0.2, -0.15) is 15.3 Å². The van der Waals surface area contributed by atoms with E-state index in [0.29, 0.717) is 94.9 Å². The van der Waals surface area contributed by atoms with Crippen molar-refractivity contribution in [1.29, 1.82) is 0 Å². The number of hydrogen-bond donors (Lipinski definition) is 5. The van der Waals surface area contributed by atoms with Crippen LogP contribution in [0.3, 0.4) is 0 Å². The number of carbonyl (C=O) groups is 3. The van der Waals surface area contributed by atoms with Gasteiger partial charge in [0.25, 0.3) is 28.5 Å². The minimum Gasteiger partial charge on any atom is -0.478 e. The first-order valence-corrected chi connectivity index (χ1v) is 28.6. The fourth-order valence-corrected chi connectivity index (χ4v) is 10.9. The van der Waals surface area contributed by atoms with E-state index in [1.807, 2.05) is 33.4 Å². The summed E-state index contributed by atoms with van der Waals surface area (Å²) in [7, 11) is 0. The summed E-state index contributed by atoms with van der Waals surface area (Å²) in [5.41, 5.74) is 2.78. The number of benzene rings is 6. The Morgan fingerprint density at radius 3 is 1.17 bits per heavy atom. The molecule has 0 fully saturated rings. The minimum atomic E-state index is -1.32. The third-order valence-corrected chi connectivity index (χ3v) is 15.6. The number of carboxylic acid groups (broad SMARTS) is 1. The number of nitrogens with zero attached hydrogens (tertiary/aromatic N) is 14. The van der Waals surface area contributed by atoms with Gasteiger partial charge in [-0.05, 0) is 71.3 Å². The Balaban J connectivity index is 0.000000133. The van der Waals surface area contributed by atoms with Gasteiger partial charge in [0.05, 0.1) is 69.6 Å². The maximum absolute atomic E-state index is 14.5. The van der Waals surface area contributed by atoms with Gasteiger partial charge in [-0.1, -0.05) is 72.8 Å². The second-order valence-electron chi connectivity index (χ2n) is 21.4. The van der Waals surface area contributed by atoms with Crippen LogP contribution in [0.4, 0.5) is 13.2 Å². The first-order chi connectivity index (χ1) is 44.2. The number of carboxylic acids is 1. The number of aromatic carboxylic acids is 1. The average molecular weight is 1270 g/mol. The monoisotopic (exact) mass is 1270 g/mol. The van der Waals surface area contributed by atoms with Gasteiger partial charge in [-0.3, -0.25) is 24.0 Å². The summed E-state index contributed by atoms with van der Waals surface area (Å²) in [6.45, 7) is 5.53. The fraction of sp³-hybridized carbons (Fsp3) is 0.190. The molecule has 6 aromatic carbocycles. The number of amides is 2. The van der Waals surface area contributed by atoms with Gasteiger partial charge in [-0.15, -0.1) is 43.0 Å². The molecule has 466 valence electrons. The highest BCUT2D eigenvalue weighted by molar-refractivity contribution is 5.96. The number of carbonyl (C=O) groups excluding carboxylic acids is 2. The molecule has 0 unspecified atom stereocenters. The zero-order valence-corrected chi connectivity index (χ0v) is 49.4. The number of halogens is 4. The molecule has 0 radical (unpaired) electrons. The van der Waals surface area contributed by atoms with Crippen molar-refractivity contribution in [2.75, 3.05) is 19.6 Å². The molecule has 25 nitrogen and oxygen atoms in total. The second-order valence-corrected chi connectivity index (χ2v) is 21.4. The van der Waals surface area contributed by atoms with Gasteiger partial charge >= 0.3 is 5.97 Å². The van der Waals surface area contributed by atoms with Crippen molar-refractivity contribution in [2.45, 2.75) is 58.5 Å². The van der Waals surface area contributed by atoms with E-state index < -0.39 is 23.4 Å². The molecule has 0 spiro atoms. The molecule has 0 bridgehead atoms. The van der Waals surface area contributed by atoms with Crippen molar-refractivity contribution in [3.05, 3.63) is 263 Å². The third-order valence-electron chi connectivity index (χ3n) is 15.6. The van der Waals surface area contributed by atoms with Crippen molar-refractivity contribution in [2.24, 2.45) is 0 Å². The molecule has 15 rings (SSSR count). The highest BCUT2D eigenvalue weighted by Crippen LogP contribution is 2.25. The van der Waals surface area contributed by atoms with E-state index in [2.05, 4.69) is 71.1 Å². The molecule has 5 N–H and O–H groups in total. The largest absolute Gasteiger partial charge is 0.478 e. The van der Waals surface area contributed by atoms with Crippen molar-refractivity contribution >= 4 is 62.5 Å². The summed E-state index contributed by atoms with van der Waals surface area (Å²) in [6, 6.07) is 34.2. The molecule has 0 saturated carbocycles. The predicted molar refractivity (Wildman–Crippen MR) is 330 cm³/mol. The molecule has 3 aliphatic heterocycles. The van der Waals surface area contributed by atoms with Crippen LogP contribution in [0.25, 0.3) is 32.3 Å². The number of hydrogen-bond acceptors (Lipinski definition) is 16. The van der Waals surface area contributed by atoms with Crippen LogP contribution in [0.2, 0.25) is 0 Å². The number of rotatable bonds is 9.